The van der Waals surface area contributed by atoms with Crippen LogP contribution in [-0.2, 0) is 5.41 Å². The molecule has 1 aromatic heterocycles. The summed E-state index contributed by atoms with van der Waals surface area (Å²) in [6.07, 6.45) is 4.55. The van der Waals surface area contributed by atoms with Crippen LogP contribution in [0.15, 0.2) is 222 Å². The summed E-state index contributed by atoms with van der Waals surface area (Å²) in [7, 11) is 0. The second-order valence-corrected chi connectivity index (χ2v) is 18.7. The second-order valence-electron chi connectivity index (χ2n) is 17.6. The molecule has 0 saturated carbocycles. The number of fused-ring (bicyclic) bond motifs is 9. The third kappa shape index (κ3) is 7.07. The van der Waals surface area contributed by atoms with Gasteiger partial charge < -0.3 is 0 Å². The van der Waals surface area contributed by atoms with Gasteiger partial charge in [0.25, 0.3) is 0 Å². The lowest BCUT2D eigenvalue weighted by Crippen LogP contribution is -2.15. The third-order valence-corrected chi connectivity index (χ3v) is 14.3. The number of rotatable bonds is 5. The highest BCUT2D eigenvalue weighted by atomic mass is 32.2. The number of aromatic nitrogens is 3. The van der Waals surface area contributed by atoms with Crippen LogP contribution in [0.4, 0.5) is 0 Å². The molecule has 0 saturated heterocycles. The predicted molar refractivity (Wildman–Crippen MR) is 275 cm³/mol. The van der Waals surface area contributed by atoms with Crippen LogP contribution < -0.4 is 0 Å². The quantitative estimate of drug-likeness (QED) is 0.173. The first-order valence-electron chi connectivity index (χ1n) is 22.5. The van der Waals surface area contributed by atoms with E-state index in [4.69, 9.17) is 15.0 Å². The van der Waals surface area contributed by atoms with E-state index in [9.17, 15) is 0 Å². The summed E-state index contributed by atoms with van der Waals surface area (Å²) in [4.78, 5) is 18.3. The Kier molecular flexibility index (Phi) is 9.77. The van der Waals surface area contributed by atoms with E-state index in [0.29, 0.717) is 17.5 Å². The molecule has 0 radical (unpaired) electrons. The minimum Gasteiger partial charge on any atom is -0.208 e. The number of nitrogens with zero attached hydrogens (tertiary/aromatic N) is 3. The SMILES string of the molecule is CC1(C)c2ccccc2-c2cc3c(cc21)Sc1ccccc1-c1ccccc1/C=C\c1ccc(-c2nc(-c4ccccc4)nc(-c4cc(-c5ccccc5)cc(-c5ccccc5)c4)n2)cc1-3. The normalized spacial score (nSPS) is 13.5. The van der Waals surface area contributed by atoms with Gasteiger partial charge in [0, 0.05) is 31.9 Å². The van der Waals surface area contributed by atoms with Gasteiger partial charge in [-0.25, -0.2) is 15.0 Å². The van der Waals surface area contributed by atoms with E-state index in [2.05, 4.69) is 220 Å². The number of hydrogen-bond acceptors (Lipinski definition) is 4. The molecule has 0 N–H and O–H groups in total. The van der Waals surface area contributed by atoms with Gasteiger partial charge in [-0.15, -0.1) is 0 Å². The molecule has 0 unspecified atom stereocenters. The van der Waals surface area contributed by atoms with Crippen molar-refractivity contribution in [2.75, 3.05) is 0 Å². The fourth-order valence-electron chi connectivity index (χ4n) is 9.76. The lowest BCUT2D eigenvalue weighted by Gasteiger charge is -2.23. The second kappa shape index (κ2) is 16.3. The van der Waals surface area contributed by atoms with Crippen molar-refractivity contribution in [1.29, 1.82) is 0 Å². The van der Waals surface area contributed by atoms with Gasteiger partial charge in [-0.05, 0) is 120 Å². The molecule has 0 amide bonds. The van der Waals surface area contributed by atoms with Crippen LogP contribution >= 0.6 is 11.8 Å². The maximum Gasteiger partial charge on any atom is 0.164 e. The minimum absolute atomic E-state index is 0.155. The Hall–Kier alpha value is -7.92. The Labute approximate surface area is 390 Å². The van der Waals surface area contributed by atoms with Crippen molar-refractivity contribution in [1.82, 2.24) is 15.0 Å². The Morgan fingerprint density at radius 1 is 0.303 bits per heavy atom. The molecular formula is C62H43N3S. The average Bonchev–Trinajstić information content (AvgIpc) is 3.59. The molecule has 2 aliphatic rings. The smallest absolute Gasteiger partial charge is 0.164 e. The standard InChI is InChI=1S/C62H43N3S/c1-62(2)55-28-16-14-26-50(55)53-38-54-52-37-45(33-32-43(52)31-30-42-22-12-13-25-49(42)51-27-15-17-29-57(51)66-58(54)39-56(53)62)60-63-59(44-23-10-5-11-24-44)64-61(65-60)48-35-46(40-18-6-3-7-19-40)34-47(36-48)41-20-8-4-9-21-41/h3-39H,1-2H3/b31-30-. The molecule has 0 spiro atoms. The van der Waals surface area contributed by atoms with Crippen LogP contribution in [0.25, 0.3) is 102 Å². The molecule has 3 nitrogen and oxygen atoms in total. The first-order chi connectivity index (χ1) is 32.4. The van der Waals surface area contributed by atoms with E-state index in [1.807, 2.05) is 30.0 Å². The van der Waals surface area contributed by atoms with Crippen molar-refractivity contribution in [3.8, 4) is 89.8 Å². The van der Waals surface area contributed by atoms with Crippen molar-refractivity contribution in [2.45, 2.75) is 29.1 Å². The highest BCUT2D eigenvalue weighted by molar-refractivity contribution is 7.99. The monoisotopic (exact) mass is 861 g/mol. The maximum absolute atomic E-state index is 5.39. The van der Waals surface area contributed by atoms with Crippen LogP contribution in [0.2, 0.25) is 0 Å². The first kappa shape index (κ1) is 39.7. The van der Waals surface area contributed by atoms with E-state index in [1.54, 1.807) is 0 Å². The molecule has 4 heteroatoms. The molecular weight excluding hydrogens is 819 g/mol. The zero-order valence-corrected chi connectivity index (χ0v) is 37.4. The topological polar surface area (TPSA) is 38.7 Å². The summed E-state index contributed by atoms with van der Waals surface area (Å²) in [5, 5.41) is 0. The third-order valence-electron chi connectivity index (χ3n) is 13.2. The van der Waals surface area contributed by atoms with Gasteiger partial charge in [-0.1, -0.05) is 208 Å². The summed E-state index contributed by atoms with van der Waals surface area (Å²) < 4.78 is 0. The average molecular weight is 862 g/mol. The van der Waals surface area contributed by atoms with Gasteiger partial charge >= 0.3 is 0 Å². The summed E-state index contributed by atoms with van der Waals surface area (Å²) in [6.45, 7) is 4.72. The minimum atomic E-state index is -0.155. The van der Waals surface area contributed by atoms with Gasteiger partial charge in [0.1, 0.15) is 0 Å². The Bertz CT molecular complexity index is 3460. The van der Waals surface area contributed by atoms with Crippen LogP contribution in [0.5, 0.6) is 0 Å². The summed E-state index contributed by atoms with van der Waals surface area (Å²) >= 11 is 1.85. The molecule has 66 heavy (non-hydrogen) atoms. The molecule has 10 aromatic rings. The van der Waals surface area contributed by atoms with E-state index >= 15 is 0 Å². The van der Waals surface area contributed by atoms with Crippen molar-refractivity contribution in [3.63, 3.8) is 0 Å². The van der Waals surface area contributed by atoms with Crippen LogP contribution in [0.1, 0.15) is 36.1 Å². The van der Waals surface area contributed by atoms with Crippen LogP contribution in [0.3, 0.4) is 0 Å². The lowest BCUT2D eigenvalue weighted by molar-refractivity contribution is 0.659. The van der Waals surface area contributed by atoms with Gasteiger partial charge in [-0.3, -0.25) is 0 Å². The highest BCUT2D eigenvalue weighted by Crippen LogP contribution is 2.53. The fourth-order valence-corrected chi connectivity index (χ4v) is 10.9. The molecule has 0 fully saturated rings. The molecule has 312 valence electrons. The van der Waals surface area contributed by atoms with Crippen molar-refractivity contribution in [2.24, 2.45) is 0 Å². The summed E-state index contributed by atoms with van der Waals surface area (Å²) in [5.74, 6) is 1.86. The van der Waals surface area contributed by atoms with E-state index < -0.39 is 0 Å². The number of benzene rings is 9. The highest BCUT2D eigenvalue weighted by Gasteiger charge is 2.36. The number of hydrogen-bond donors (Lipinski definition) is 0. The van der Waals surface area contributed by atoms with E-state index in [0.717, 1.165) is 50.1 Å². The molecule has 1 aliphatic carbocycles. The largest absolute Gasteiger partial charge is 0.208 e. The van der Waals surface area contributed by atoms with E-state index in [-0.39, 0.29) is 5.41 Å². The molecule has 9 aromatic carbocycles. The lowest BCUT2D eigenvalue weighted by atomic mass is 9.82. The van der Waals surface area contributed by atoms with Crippen molar-refractivity contribution in [3.05, 3.63) is 235 Å². The van der Waals surface area contributed by atoms with Crippen LogP contribution in [0, 0.1) is 0 Å². The maximum atomic E-state index is 5.39. The predicted octanol–water partition coefficient (Wildman–Crippen LogP) is 16.5. The summed E-state index contributed by atoms with van der Waals surface area (Å²) in [6, 6.07) is 76.1. The molecule has 12 rings (SSSR count). The molecule has 0 atom stereocenters. The molecule has 0 bridgehead atoms. The molecule has 2 heterocycles. The van der Waals surface area contributed by atoms with Gasteiger partial charge in [0.05, 0.1) is 0 Å². The van der Waals surface area contributed by atoms with Gasteiger partial charge in [0.15, 0.2) is 17.5 Å². The Morgan fingerprint density at radius 3 is 1.50 bits per heavy atom. The Morgan fingerprint density at radius 2 is 0.818 bits per heavy atom. The van der Waals surface area contributed by atoms with Gasteiger partial charge in [0.2, 0.25) is 0 Å². The first-order valence-corrected chi connectivity index (χ1v) is 23.3. The zero-order chi connectivity index (χ0) is 44.2. The Balaban J connectivity index is 1.10. The van der Waals surface area contributed by atoms with Gasteiger partial charge in [-0.2, -0.15) is 0 Å². The zero-order valence-electron chi connectivity index (χ0n) is 36.6. The van der Waals surface area contributed by atoms with Crippen LogP contribution in [-0.4, -0.2) is 15.0 Å². The van der Waals surface area contributed by atoms with Crippen molar-refractivity contribution < 1.29 is 0 Å². The summed E-state index contributed by atoms with van der Waals surface area (Å²) in [5.41, 5.74) is 19.4. The molecule has 1 aliphatic heterocycles. The van der Waals surface area contributed by atoms with Crippen molar-refractivity contribution >= 4 is 23.9 Å². The van der Waals surface area contributed by atoms with E-state index in [1.165, 1.54) is 54.3 Å². The fraction of sp³-hybridized carbons (Fsp3) is 0.0484.